The summed E-state index contributed by atoms with van der Waals surface area (Å²) in [7, 11) is 0. The van der Waals surface area contributed by atoms with E-state index in [0.29, 0.717) is 44.4 Å². The summed E-state index contributed by atoms with van der Waals surface area (Å²) in [6.45, 7) is 4.12. The van der Waals surface area contributed by atoms with Crippen LogP contribution >= 0.6 is 0 Å². The summed E-state index contributed by atoms with van der Waals surface area (Å²) in [5, 5.41) is 0. The molecule has 0 N–H and O–H groups in total. The first-order chi connectivity index (χ1) is 11.4. The Balaban J connectivity index is 2.34. The Kier molecular flexibility index (Phi) is 5.36. The monoisotopic (exact) mass is 368 g/mol. The molecule has 0 aliphatic carbocycles. The topological polar surface area (TPSA) is 23.6 Å². The fourth-order valence-corrected chi connectivity index (χ4v) is 2.96. The van der Waals surface area contributed by atoms with Crippen molar-refractivity contribution in [1.29, 1.82) is 0 Å². The van der Waals surface area contributed by atoms with Gasteiger partial charge in [-0.05, 0) is 30.7 Å². The number of alkyl halides is 6. The second-order valence-electron chi connectivity index (χ2n) is 6.02. The van der Waals surface area contributed by atoms with Crippen molar-refractivity contribution in [1.82, 2.24) is 9.80 Å². The molecule has 1 heterocycles. The van der Waals surface area contributed by atoms with Gasteiger partial charge in [0.05, 0.1) is 11.1 Å². The minimum absolute atomic E-state index is 0.137. The molecule has 1 aromatic rings. The fraction of sp³-hybridized carbons (Fsp3) is 0.562. The van der Waals surface area contributed by atoms with Gasteiger partial charge < -0.3 is 4.90 Å². The lowest BCUT2D eigenvalue weighted by atomic mass is 9.96. The van der Waals surface area contributed by atoms with Crippen LogP contribution in [0.4, 0.5) is 26.3 Å². The van der Waals surface area contributed by atoms with Gasteiger partial charge in [-0.1, -0.05) is 0 Å². The Labute approximate surface area is 141 Å². The first kappa shape index (κ1) is 19.6. The molecule has 1 amide bonds. The molecule has 140 valence electrons. The molecule has 3 nitrogen and oxygen atoms in total. The third-order valence-electron chi connectivity index (χ3n) is 4.44. The number of carbonyl (C=O) groups excluding carboxylic acids is 1. The molecular weight excluding hydrogens is 350 g/mol. The van der Waals surface area contributed by atoms with Crippen molar-refractivity contribution in [3.63, 3.8) is 0 Å². The maximum atomic E-state index is 13.2. The van der Waals surface area contributed by atoms with Gasteiger partial charge >= 0.3 is 12.4 Å². The van der Waals surface area contributed by atoms with E-state index in [1.54, 1.807) is 9.80 Å². The Bertz CT molecular complexity index is 632. The molecular formula is C16H18F6N2O. The molecule has 1 aliphatic heterocycles. The molecule has 0 bridgehead atoms. The van der Waals surface area contributed by atoms with Crippen LogP contribution in [0.3, 0.4) is 0 Å². The van der Waals surface area contributed by atoms with E-state index in [9.17, 15) is 31.1 Å². The van der Waals surface area contributed by atoms with Gasteiger partial charge in [-0.15, -0.1) is 0 Å². The van der Waals surface area contributed by atoms with Crippen LogP contribution in [0, 0.1) is 0 Å². The van der Waals surface area contributed by atoms with E-state index in [0.717, 1.165) is 0 Å². The van der Waals surface area contributed by atoms with Gasteiger partial charge in [-0.25, -0.2) is 0 Å². The number of rotatable bonds is 2. The van der Waals surface area contributed by atoms with Gasteiger partial charge in [0.1, 0.15) is 0 Å². The van der Waals surface area contributed by atoms with Gasteiger partial charge in [-0.2, -0.15) is 26.3 Å². The van der Waals surface area contributed by atoms with Gasteiger partial charge in [0.15, 0.2) is 0 Å². The third kappa shape index (κ3) is 4.45. The Morgan fingerprint density at radius 2 is 1.56 bits per heavy atom. The molecule has 2 rings (SSSR count). The number of benzene rings is 1. The number of amides is 1. The summed E-state index contributed by atoms with van der Waals surface area (Å²) in [4.78, 5) is 14.5. The predicted molar refractivity (Wildman–Crippen MR) is 78.7 cm³/mol. The average molecular weight is 368 g/mol. The lowest BCUT2D eigenvalue weighted by Crippen LogP contribution is -2.48. The van der Waals surface area contributed by atoms with E-state index in [1.807, 2.05) is 0 Å². The average Bonchev–Trinajstić information content (AvgIpc) is 2.52. The number of hydrogen-bond donors (Lipinski definition) is 0. The lowest BCUT2D eigenvalue weighted by molar-refractivity contribution is -0.142. The van der Waals surface area contributed by atoms with Crippen molar-refractivity contribution in [2.45, 2.75) is 32.2 Å². The minimum Gasteiger partial charge on any atom is -0.340 e. The molecule has 1 fully saturated rings. The molecule has 1 atom stereocenters. The van der Waals surface area contributed by atoms with Crippen LogP contribution in [0.25, 0.3) is 0 Å². The molecule has 0 aromatic heterocycles. The zero-order valence-corrected chi connectivity index (χ0v) is 13.7. The summed E-state index contributed by atoms with van der Waals surface area (Å²) in [6.07, 6.45) is -9.46. The van der Waals surface area contributed by atoms with Gasteiger partial charge in [0.2, 0.25) is 5.91 Å². The molecule has 1 aromatic carbocycles. The molecule has 0 spiro atoms. The predicted octanol–water partition coefficient (Wildman–Crippen LogP) is 3.95. The maximum Gasteiger partial charge on any atom is 0.416 e. The quantitative estimate of drug-likeness (QED) is 0.738. The van der Waals surface area contributed by atoms with Crippen LogP contribution in [-0.4, -0.2) is 41.9 Å². The van der Waals surface area contributed by atoms with E-state index in [-0.39, 0.29) is 5.91 Å². The summed E-state index contributed by atoms with van der Waals surface area (Å²) < 4.78 is 78.4. The number of carbonyl (C=O) groups is 1. The Morgan fingerprint density at radius 3 is 2.00 bits per heavy atom. The summed E-state index contributed by atoms with van der Waals surface area (Å²) in [5.41, 5.74) is -2.58. The highest BCUT2D eigenvalue weighted by Gasteiger charge is 2.39. The zero-order valence-electron chi connectivity index (χ0n) is 13.7. The number of hydrogen-bond acceptors (Lipinski definition) is 2. The molecule has 1 unspecified atom stereocenters. The number of nitrogens with zero attached hydrogens (tertiary/aromatic N) is 2. The van der Waals surface area contributed by atoms with E-state index >= 15 is 0 Å². The van der Waals surface area contributed by atoms with Crippen molar-refractivity contribution in [3.8, 4) is 0 Å². The van der Waals surface area contributed by atoms with E-state index in [2.05, 4.69) is 0 Å². The van der Waals surface area contributed by atoms with Crippen LogP contribution in [0.1, 0.15) is 36.6 Å². The summed E-state index contributed by atoms with van der Waals surface area (Å²) in [5.74, 6) is -0.137. The van der Waals surface area contributed by atoms with Gasteiger partial charge in [0, 0.05) is 39.1 Å². The van der Waals surface area contributed by atoms with Crippen LogP contribution < -0.4 is 0 Å². The van der Waals surface area contributed by atoms with Crippen molar-refractivity contribution in [2.75, 3.05) is 26.2 Å². The molecule has 0 radical (unpaired) electrons. The highest BCUT2D eigenvalue weighted by molar-refractivity contribution is 5.73. The van der Waals surface area contributed by atoms with Crippen molar-refractivity contribution < 1.29 is 31.1 Å². The van der Waals surface area contributed by atoms with Crippen molar-refractivity contribution >= 4 is 5.91 Å². The highest BCUT2D eigenvalue weighted by Crippen LogP contribution is 2.40. The largest absolute Gasteiger partial charge is 0.416 e. The smallest absolute Gasteiger partial charge is 0.340 e. The second-order valence-corrected chi connectivity index (χ2v) is 6.02. The lowest BCUT2D eigenvalue weighted by Gasteiger charge is -2.38. The number of piperazine rings is 1. The van der Waals surface area contributed by atoms with Crippen LogP contribution in [0.5, 0.6) is 0 Å². The molecule has 1 aliphatic rings. The van der Waals surface area contributed by atoms with Crippen LogP contribution in [0.2, 0.25) is 0 Å². The fourth-order valence-electron chi connectivity index (χ4n) is 2.96. The van der Waals surface area contributed by atoms with Gasteiger partial charge in [0.25, 0.3) is 0 Å². The highest BCUT2D eigenvalue weighted by atomic mass is 19.4. The van der Waals surface area contributed by atoms with E-state index in [4.69, 9.17) is 0 Å². The standard InChI is InChI=1S/C16H18F6N2O/c1-10(23-5-7-24(8-6-23)11(2)25)13-9-12(15(17,18)19)3-4-14(13)16(20,21)22/h3-4,9-10H,5-8H2,1-2H3. The Hall–Kier alpha value is -1.77. The van der Waals surface area contributed by atoms with Crippen LogP contribution in [-0.2, 0) is 17.1 Å². The first-order valence-corrected chi connectivity index (χ1v) is 7.69. The molecule has 9 heteroatoms. The SMILES string of the molecule is CC(=O)N1CCN(C(C)c2cc(C(F)(F)F)ccc2C(F)(F)F)CC1. The van der Waals surface area contributed by atoms with Gasteiger partial charge in [-0.3, -0.25) is 9.69 Å². The zero-order chi connectivity index (χ0) is 19.0. The Morgan fingerprint density at radius 1 is 1.00 bits per heavy atom. The molecule has 0 saturated carbocycles. The summed E-state index contributed by atoms with van der Waals surface area (Å²) >= 11 is 0. The minimum atomic E-state index is -4.74. The van der Waals surface area contributed by atoms with Crippen molar-refractivity contribution in [3.05, 3.63) is 34.9 Å². The van der Waals surface area contributed by atoms with Crippen LogP contribution in [0.15, 0.2) is 18.2 Å². The molecule has 25 heavy (non-hydrogen) atoms. The third-order valence-corrected chi connectivity index (χ3v) is 4.44. The second kappa shape index (κ2) is 6.86. The van der Waals surface area contributed by atoms with Crippen molar-refractivity contribution in [2.24, 2.45) is 0 Å². The van der Waals surface area contributed by atoms with E-state index in [1.165, 1.54) is 13.8 Å². The maximum absolute atomic E-state index is 13.2. The number of halogens is 6. The summed E-state index contributed by atoms with van der Waals surface area (Å²) in [6, 6.07) is 0.658. The molecule has 1 saturated heterocycles. The first-order valence-electron chi connectivity index (χ1n) is 7.69. The van der Waals surface area contributed by atoms with E-state index < -0.39 is 35.1 Å². The normalized spacial score (nSPS) is 18.3.